The molecule has 0 unspecified atom stereocenters. The van der Waals surface area contributed by atoms with Gasteiger partial charge in [0.1, 0.15) is 0 Å². The molecule has 0 atom stereocenters. The number of carbonyl (C=O) groups excluding carboxylic acids is 1. The molecule has 0 amide bonds. The first-order chi connectivity index (χ1) is 9.71. The molecule has 21 heavy (non-hydrogen) atoms. The lowest BCUT2D eigenvalue weighted by molar-refractivity contribution is 0.0600. The molecular formula is C15H22IN3O2. The van der Waals surface area contributed by atoms with Crippen LogP contribution in [-0.2, 0) is 11.3 Å². The Kier molecular flexibility index (Phi) is 10.3. The molecule has 1 rings (SSSR count). The third-order valence-corrected chi connectivity index (χ3v) is 2.55. The number of rotatable bonds is 6. The Bertz CT molecular complexity index is 472. The highest BCUT2D eigenvalue weighted by Gasteiger charge is 2.04. The predicted octanol–water partition coefficient (Wildman–Crippen LogP) is 2.33. The number of hydrogen-bond acceptors (Lipinski definition) is 3. The van der Waals surface area contributed by atoms with Crippen molar-refractivity contribution in [3.8, 4) is 0 Å². The molecule has 116 valence electrons. The first-order valence-electron chi connectivity index (χ1n) is 6.51. The van der Waals surface area contributed by atoms with Gasteiger partial charge in [-0.1, -0.05) is 18.2 Å². The molecule has 0 bridgehead atoms. The van der Waals surface area contributed by atoms with E-state index in [1.54, 1.807) is 18.2 Å². The molecule has 0 aliphatic carbocycles. The van der Waals surface area contributed by atoms with Crippen molar-refractivity contribution in [3.63, 3.8) is 0 Å². The summed E-state index contributed by atoms with van der Waals surface area (Å²) in [5, 5.41) is 6.27. The van der Waals surface area contributed by atoms with Crippen LogP contribution in [0.3, 0.4) is 0 Å². The smallest absolute Gasteiger partial charge is 0.337 e. The summed E-state index contributed by atoms with van der Waals surface area (Å²) < 4.78 is 4.65. The standard InChI is InChI=1S/C15H21N3O2.HI/c1-4-10-17-15(16-5-2)18-11-12-6-8-13(9-7-12)14(19)20-3;/h4,6-9H,1,5,10-11H2,2-3H3,(H2,16,17,18);1H. The number of esters is 1. The van der Waals surface area contributed by atoms with Gasteiger partial charge in [0, 0.05) is 13.1 Å². The van der Waals surface area contributed by atoms with Crippen molar-refractivity contribution in [2.45, 2.75) is 13.5 Å². The highest BCUT2D eigenvalue weighted by molar-refractivity contribution is 14.0. The van der Waals surface area contributed by atoms with Crippen LogP contribution in [0.2, 0.25) is 0 Å². The maximum Gasteiger partial charge on any atom is 0.337 e. The number of carbonyl (C=O) groups is 1. The Labute approximate surface area is 142 Å². The van der Waals surface area contributed by atoms with E-state index in [9.17, 15) is 4.79 Å². The van der Waals surface area contributed by atoms with Gasteiger partial charge < -0.3 is 15.4 Å². The zero-order chi connectivity index (χ0) is 14.8. The van der Waals surface area contributed by atoms with E-state index in [0.717, 1.165) is 18.1 Å². The van der Waals surface area contributed by atoms with Gasteiger partial charge in [-0.25, -0.2) is 9.79 Å². The van der Waals surface area contributed by atoms with E-state index in [1.807, 2.05) is 19.1 Å². The van der Waals surface area contributed by atoms with Crippen molar-refractivity contribution in [2.24, 2.45) is 4.99 Å². The maximum absolute atomic E-state index is 11.3. The Hall–Kier alpha value is -1.57. The summed E-state index contributed by atoms with van der Waals surface area (Å²) in [6.07, 6.45) is 1.78. The van der Waals surface area contributed by atoms with Gasteiger partial charge >= 0.3 is 5.97 Å². The summed E-state index contributed by atoms with van der Waals surface area (Å²) in [4.78, 5) is 15.8. The van der Waals surface area contributed by atoms with Crippen LogP contribution in [-0.4, -0.2) is 32.1 Å². The Morgan fingerprint density at radius 2 is 2.00 bits per heavy atom. The van der Waals surface area contributed by atoms with Crippen LogP contribution >= 0.6 is 24.0 Å². The third-order valence-electron chi connectivity index (χ3n) is 2.55. The van der Waals surface area contributed by atoms with Crippen LogP contribution in [0.15, 0.2) is 41.9 Å². The fourth-order valence-electron chi connectivity index (χ4n) is 1.55. The molecule has 0 radical (unpaired) electrons. The second kappa shape index (κ2) is 11.1. The van der Waals surface area contributed by atoms with Crippen LogP contribution in [0.25, 0.3) is 0 Å². The van der Waals surface area contributed by atoms with E-state index in [-0.39, 0.29) is 29.9 Å². The summed E-state index contributed by atoms with van der Waals surface area (Å²) in [5.74, 6) is 0.408. The topological polar surface area (TPSA) is 62.7 Å². The Balaban J connectivity index is 0.00000400. The fraction of sp³-hybridized carbons (Fsp3) is 0.333. The molecule has 5 nitrogen and oxygen atoms in total. The number of guanidine groups is 1. The minimum Gasteiger partial charge on any atom is -0.465 e. The maximum atomic E-state index is 11.3. The van der Waals surface area contributed by atoms with Gasteiger partial charge in [0.15, 0.2) is 5.96 Å². The largest absolute Gasteiger partial charge is 0.465 e. The van der Waals surface area contributed by atoms with Gasteiger partial charge in [0.25, 0.3) is 0 Å². The van der Waals surface area contributed by atoms with Gasteiger partial charge in [-0.3, -0.25) is 0 Å². The second-order valence-corrected chi connectivity index (χ2v) is 4.05. The van der Waals surface area contributed by atoms with Gasteiger partial charge in [0.2, 0.25) is 0 Å². The molecule has 0 saturated carbocycles. The van der Waals surface area contributed by atoms with Crippen LogP contribution in [0.4, 0.5) is 0 Å². The summed E-state index contributed by atoms with van der Waals surface area (Å²) in [5.41, 5.74) is 1.56. The molecular weight excluding hydrogens is 381 g/mol. The average molecular weight is 403 g/mol. The van der Waals surface area contributed by atoms with Crippen LogP contribution in [0, 0.1) is 0 Å². The number of methoxy groups -OCH3 is 1. The molecule has 0 aliphatic rings. The molecule has 0 saturated heterocycles. The number of benzene rings is 1. The van der Waals surface area contributed by atoms with E-state index in [0.29, 0.717) is 18.7 Å². The molecule has 0 spiro atoms. The van der Waals surface area contributed by atoms with Crippen molar-refractivity contribution >= 4 is 35.9 Å². The SMILES string of the molecule is C=CCNC(=NCc1ccc(C(=O)OC)cc1)NCC.I. The number of aliphatic imine (C=N–C) groups is 1. The van der Waals surface area contributed by atoms with Gasteiger partial charge in [0.05, 0.1) is 19.2 Å². The Morgan fingerprint density at radius 1 is 1.33 bits per heavy atom. The van der Waals surface area contributed by atoms with Crippen molar-refractivity contribution in [2.75, 3.05) is 20.2 Å². The lowest BCUT2D eigenvalue weighted by atomic mass is 10.1. The van der Waals surface area contributed by atoms with Gasteiger partial charge in [-0.15, -0.1) is 30.6 Å². The molecule has 0 heterocycles. The van der Waals surface area contributed by atoms with E-state index >= 15 is 0 Å². The van der Waals surface area contributed by atoms with Crippen molar-refractivity contribution in [1.82, 2.24) is 10.6 Å². The fourth-order valence-corrected chi connectivity index (χ4v) is 1.55. The quantitative estimate of drug-likeness (QED) is 0.252. The number of nitrogens with zero attached hydrogens (tertiary/aromatic N) is 1. The first-order valence-corrected chi connectivity index (χ1v) is 6.51. The Morgan fingerprint density at radius 3 is 2.52 bits per heavy atom. The van der Waals surface area contributed by atoms with Crippen LogP contribution in [0.5, 0.6) is 0 Å². The lowest BCUT2D eigenvalue weighted by Crippen LogP contribution is -2.37. The number of nitrogens with one attached hydrogen (secondary N) is 2. The van der Waals surface area contributed by atoms with E-state index in [4.69, 9.17) is 0 Å². The number of hydrogen-bond donors (Lipinski definition) is 2. The minimum atomic E-state index is -0.332. The van der Waals surface area contributed by atoms with E-state index in [2.05, 4.69) is 26.9 Å². The number of halogens is 1. The molecule has 0 aliphatic heterocycles. The summed E-state index contributed by atoms with van der Waals surface area (Å²) in [6.45, 7) is 7.66. The zero-order valence-corrected chi connectivity index (χ0v) is 14.7. The zero-order valence-electron chi connectivity index (χ0n) is 12.4. The summed E-state index contributed by atoms with van der Waals surface area (Å²) in [7, 11) is 1.37. The monoisotopic (exact) mass is 403 g/mol. The molecule has 1 aromatic rings. The van der Waals surface area contributed by atoms with Gasteiger partial charge in [-0.05, 0) is 24.6 Å². The molecule has 1 aromatic carbocycles. The average Bonchev–Trinajstić information content (AvgIpc) is 2.49. The normalized spacial score (nSPS) is 10.3. The molecule has 0 fully saturated rings. The predicted molar refractivity (Wildman–Crippen MR) is 96.2 cm³/mol. The highest BCUT2D eigenvalue weighted by Crippen LogP contribution is 2.06. The van der Waals surface area contributed by atoms with Crippen molar-refractivity contribution in [3.05, 3.63) is 48.0 Å². The summed E-state index contributed by atoms with van der Waals surface area (Å²) >= 11 is 0. The van der Waals surface area contributed by atoms with Crippen LogP contribution in [0.1, 0.15) is 22.8 Å². The van der Waals surface area contributed by atoms with Crippen LogP contribution < -0.4 is 10.6 Å². The lowest BCUT2D eigenvalue weighted by Gasteiger charge is -2.09. The van der Waals surface area contributed by atoms with Crippen molar-refractivity contribution in [1.29, 1.82) is 0 Å². The second-order valence-electron chi connectivity index (χ2n) is 4.05. The van der Waals surface area contributed by atoms with Crippen molar-refractivity contribution < 1.29 is 9.53 Å². The summed E-state index contributed by atoms with van der Waals surface area (Å²) in [6, 6.07) is 7.21. The molecule has 2 N–H and O–H groups in total. The molecule has 0 aromatic heterocycles. The number of ether oxygens (including phenoxy) is 1. The van der Waals surface area contributed by atoms with E-state index < -0.39 is 0 Å². The third kappa shape index (κ3) is 7.12. The highest BCUT2D eigenvalue weighted by atomic mass is 127. The van der Waals surface area contributed by atoms with E-state index in [1.165, 1.54) is 7.11 Å². The first kappa shape index (κ1) is 19.4. The van der Waals surface area contributed by atoms with Gasteiger partial charge in [-0.2, -0.15) is 0 Å². The minimum absolute atomic E-state index is 0. The molecule has 6 heteroatoms.